The number of azo groups is 2. The van der Waals surface area contributed by atoms with Gasteiger partial charge in [-0.25, -0.2) is 18.3 Å². The number of aryl methyl sites for hydroxylation is 4. The minimum Gasteiger partial charge on any atom is -0.395 e. The van der Waals surface area contributed by atoms with Crippen molar-refractivity contribution in [2.45, 2.75) is 39.0 Å². The first kappa shape index (κ1) is 38.8. The summed E-state index contributed by atoms with van der Waals surface area (Å²) >= 11 is 0. The summed E-state index contributed by atoms with van der Waals surface area (Å²) < 4.78 is 8.62. The van der Waals surface area contributed by atoms with Gasteiger partial charge >= 0.3 is 11.6 Å². The van der Waals surface area contributed by atoms with Crippen LogP contribution in [0.5, 0.6) is 0 Å². The Morgan fingerprint density at radius 1 is 0.509 bits per heavy atom. The molecule has 0 aliphatic heterocycles. The summed E-state index contributed by atoms with van der Waals surface area (Å²) in [5.74, 6) is 1.55. The van der Waals surface area contributed by atoms with E-state index in [9.17, 15) is 20.4 Å². The lowest BCUT2D eigenvalue weighted by molar-refractivity contribution is -0.721. The van der Waals surface area contributed by atoms with Crippen molar-refractivity contribution < 1.29 is 34.1 Å². The lowest BCUT2D eigenvalue weighted by Crippen LogP contribution is -2.38. The van der Waals surface area contributed by atoms with Crippen molar-refractivity contribution in [1.29, 1.82) is 0 Å². The second-order valence-electron chi connectivity index (χ2n) is 12.4. The first-order valence-corrected chi connectivity index (χ1v) is 18.1. The first-order valence-electron chi connectivity index (χ1n) is 18.1. The molecular formula is C39H51N10O4+3. The van der Waals surface area contributed by atoms with Crippen LogP contribution >= 0.6 is 0 Å². The number of pyridine rings is 2. The fourth-order valence-corrected chi connectivity index (χ4v) is 5.95. The molecule has 2 aromatic carbocycles. The van der Waals surface area contributed by atoms with Crippen LogP contribution in [0.25, 0.3) is 0 Å². The quantitative estimate of drug-likeness (QED) is 0.0627. The lowest BCUT2D eigenvalue weighted by atomic mass is 10.2. The molecule has 0 radical (unpaired) electrons. The van der Waals surface area contributed by atoms with Gasteiger partial charge in [-0.2, -0.15) is 0 Å². The number of rotatable bonds is 22. The van der Waals surface area contributed by atoms with Crippen molar-refractivity contribution >= 4 is 34.4 Å². The van der Waals surface area contributed by atoms with Crippen molar-refractivity contribution in [3.05, 3.63) is 116 Å². The normalized spacial score (nSPS) is 11.5. The van der Waals surface area contributed by atoms with Crippen LogP contribution in [-0.2, 0) is 26.2 Å². The maximum absolute atomic E-state index is 9.31. The third-order valence-electron chi connectivity index (χ3n) is 8.66. The highest BCUT2D eigenvalue weighted by atomic mass is 16.3. The number of nitrogens with zero attached hydrogens (tertiary/aromatic N) is 10. The molecule has 0 amide bonds. The fourth-order valence-electron chi connectivity index (χ4n) is 5.95. The van der Waals surface area contributed by atoms with Gasteiger partial charge in [0.2, 0.25) is 6.33 Å². The number of aliphatic hydroxyl groups is 4. The second-order valence-corrected chi connectivity index (χ2v) is 12.4. The van der Waals surface area contributed by atoms with E-state index in [1.54, 1.807) is 0 Å². The predicted octanol–water partition coefficient (Wildman–Crippen LogP) is 3.94. The number of benzene rings is 2. The van der Waals surface area contributed by atoms with Gasteiger partial charge in [0.25, 0.3) is 0 Å². The standard InChI is InChI=1S/C39H51N10O4/c50-29-25-46(26-30-51)36-13-9-34(10-14-36)40-42-38-7-1-3-19-48(38)21-5-17-44-23-24-45(33-44)18-6-22-49-20-4-2-8-39(49)43-41-35-11-15-37(16-12-35)47(27-31-52)28-32-53/h1-4,7-16,19-20,23-24,33,50-53H,5-6,17-18,21-22,25-32H2/q+3. The van der Waals surface area contributed by atoms with Gasteiger partial charge in [-0.3, -0.25) is 0 Å². The molecule has 5 rings (SSSR count). The Balaban J connectivity index is 1.09. The van der Waals surface area contributed by atoms with Crippen LogP contribution in [0.15, 0.2) is 137 Å². The molecule has 3 heterocycles. The molecule has 0 fully saturated rings. The summed E-state index contributed by atoms with van der Waals surface area (Å²) in [5, 5.41) is 55.2. The van der Waals surface area contributed by atoms with Gasteiger partial charge in [-0.15, -0.1) is 0 Å². The van der Waals surface area contributed by atoms with Crippen LogP contribution in [0.3, 0.4) is 0 Å². The van der Waals surface area contributed by atoms with Crippen LogP contribution in [-0.4, -0.2) is 77.6 Å². The van der Waals surface area contributed by atoms with Crippen molar-refractivity contribution in [2.75, 3.05) is 62.4 Å². The zero-order valence-electron chi connectivity index (χ0n) is 30.1. The maximum atomic E-state index is 9.31. The average Bonchev–Trinajstić information content (AvgIpc) is 3.65. The number of aliphatic hydroxyl groups excluding tert-OH is 4. The number of anilines is 2. The van der Waals surface area contributed by atoms with Crippen molar-refractivity contribution in [3.8, 4) is 0 Å². The lowest BCUT2D eigenvalue weighted by Gasteiger charge is -2.22. The van der Waals surface area contributed by atoms with Gasteiger partial charge in [-0.1, -0.05) is 12.1 Å². The molecule has 53 heavy (non-hydrogen) atoms. The van der Waals surface area contributed by atoms with E-state index in [2.05, 4.69) is 57.4 Å². The van der Waals surface area contributed by atoms with Gasteiger partial charge in [0.05, 0.1) is 75.2 Å². The summed E-state index contributed by atoms with van der Waals surface area (Å²) in [4.78, 5) is 3.85. The van der Waals surface area contributed by atoms with E-state index in [-0.39, 0.29) is 26.4 Å². The molecule has 0 aliphatic carbocycles. The van der Waals surface area contributed by atoms with Gasteiger partial charge in [-0.05, 0) is 70.9 Å². The Kier molecular flexibility index (Phi) is 15.5. The highest BCUT2D eigenvalue weighted by molar-refractivity contribution is 5.53. The number of hydrogen-bond donors (Lipinski definition) is 4. The molecule has 0 saturated carbocycles. The van der Waals surface area contributed by atoms with Gasteiger partial charge in [0.1, 0.15) is 23.8 Å². The molecule has 3 aromatic heterocycles. The Morgan fingerprint density at radius 3 is 1.45 bits per heavy atom. The number of imidazole rings is 1. The van der Waals surface area contributed by atoms with Crippen LogP contribution in [0, 0.1) is 0 Å². The van der Waals surface area contributed by atoms with E-state index in [4.69, 9.17) is 0 Å². The molecular weight excluding hydrogens is 672 g/mol. The Labute approximate surface area is 310 Å². The first-order chi connectivity index (χ1) is 26.1. The van der Waals surface area contributed by atoms with Crippen LogP contribution in [0.2, 0.25) is 0 Å². The Hall–Kier alpha value is -5.41. The van der Waals surface area contributed by atoms with Crippen LogP contribution < -0.4 is 23.5 Å². The Morgan fingerprint density at radius 2 is 0.981 bits per heavy atom. The second kappa shape index (κ2) is 21.2. The van der Waals surface area contributed by atoms with Crippen LogP contribution in [0.4, 0.5) is 34.4 Å². The summed E-state index contributed by atoms with van der Waals surface area (Å²) in [6, 6.07) is 27.1. The van der Waals surface area contributed by atoms with Gasteiger partial charge in [0, 0.05) is 62.5 Å². The highest BCUT2D eigenvalue weighted by Gasteiger charge is 2.13. The van der Waals surface area contributed by atoms with E-state index in [0.29, 0.717) is 26.2 Å². The molecule has 14 heteroatoms. The van der Waals surface area contributed by atoms with E-state index in [1.165, 1.54) is 0 Å². The zero-order chi connectivity index (χ0) is 37.1. The monoisotopic (exact) mass is 723 g/mol. The predicted molar refractivity (Wildman–Crippen MR) is 201 cm³/mol. The van der Waals surface area contributed by atoms with E-state index < -0.39 is 0 Å². The summed E-state index contributed by atoms with van der Waals surface area (Å²) in [6.07, 6.45) is 12.2. The molecule has 5 aromatic rings. The third kappa shape index (κ3) is 12.1. The number of aromatic nitrogens is 4. The molecule has 0 spiro atoms. The van der Waals surface area contributed by atoms with Crippen molar-refractivity contribution in [2.24, 2.45) is 20.5 Å². The summed E-state index contributed by atoms with van der Waals surface area (Å²) in [6.45, 7) is 5.21. The highest BCUT2D eigenvalue weighted by Crippen LogP contribution is 2.23. The molecule has 0 atom stereocenters. The average molecular weight is 724 g/mol. The SMILES string of the molecule is OCCN(CCO)c1ccc(N=Nc2cccc[n+]2CCCn2cc[n+](CCC[n+]3ccccc3N=Nc3ccc(N(CCO)CCO)cc3)c2)cc1. The molecule has 14 nitrogen and oxygen atoms in total. The maximum Gasteiger partial charge on any atom is 0.350 e. The smallest absolute Gasteiger partial charge is 0.350 e. The minimum absolute atomic E-state index is 0.0180. The minimum atomic E-state index is 0.0180. The van der Waals surface area contributed by atoms with Gasteiger partial charge in [0.15, 0.2) is 0 Å². The molecule has 278 valence electrons. The number of hydrogen-bond acceptors (Lipinski definition) is 10. The van der Waals surface area contributed by atoms with Crippen molar-refractivity contribution in [1.82, 2.24) is 4.57 Å². The van der Waals surface area contributed by atoms with Crippen LogP contribution in [0.1, 0.15) is 12.8 Å². The van der Waals surface area contributed by atoms with Crippen molar-refractivity contribution in [3.63, 3.8) is 0 Å². The third-order valence-corrected chi connectivity index (χ3v) is 8.66. The molecule has 0 unspecified atom stereocenters. The largest absolute Gasteiger partial charge is 0.395 e. The van der Waals surface area contributed by atoms with E-state index >= 15 is 0 Å². The fraction of sp³-hybridized carbons (Fsp3) is 0.359. The van der Waals surface area contributed by atoms with Gasteiger partial charge < -0.3 is 30.2 Å². The zero-order valence-corrected chi connectivity index (χ0v) is 30.1. The molecule has 0 aliphatic rings. The summed E-state index contributed by atoms with van der Waals surface area (Å²) in [7, 11) is 0. The summed E-state index contributed by atoms with van der Waals surface area (Å²) in [5.41, 5.74) is 3.29. The Bertz CT molecular complexity index is 1720. The topological polar surface area (TPSA) is 153 Å². The molecule has 0 bridgehead atoms. The molecule has 0 saturated heterocycles. The molecule has 4 N–H and O–H groups in total. The van der Waals surface area contributed by atoms with E-state index in [0.717, 1.165) is 73.4 Å². The van der Waals surface area contributed by atoms with E-state index in [1.807, 2.05) is 107 Å².